The maximum Gasteiger partial charge on any atom is 0.217 e. The van der Waals surface area contributed by atoms with E-state index >= 15 is 0 Å². The predicted octanol–water partition coefficient (Wildman–Crippen LogP) is -5.37. The van der Waals surface area contributed by atoms with E-state index in [-0.39, 0.29) is 0 Å². The molecule has 15 nitrogen and oxygen atoms in total. The Morgan fingerprint density at radius 3 is 1.86 bits per heavy atom. The summed E-state index contributed by atoms with van der Waals surface area (Å²) in [7, 11) is 0. The lowest BCUT2D eigenvalue weighted by atomic mass is 9.95. The van der Waals surface area contributed by atoms with Crippen molar-refractivity contribution >= 4 is 5.91 Å². The molecule has 0 aromatic heterocycles. The lowest BCUT2D eigenvalue weighted by molar-refractivity contribution is -0.379. The van der Waals surface area contributed by atoms with Crippen molar-refractivity contribution in [1.82, 2.24) is 5.32 Å². The molecule has 0 bridgehead atoms. The van der Waals surface area contributed by atoms with Gasteiger partial charge in [0.05, 0.1) is 18.8 Å². The Morgan fingerprint density at radius 2 is 1.29 bits per heavy atom. The van der Waals surface area contributed by atoms with E-state index in [1.807, 2.05) is 0 Å². The largest absolute Gasteiger partial charge is 0.394 e. The van der Waals surface area contributed by atoms with Crippen LogP contribution in [0.3, 0.4) is 0 Å². The van der Waals surface area contributed by atoms with E-state index in [0.29, 0.717) is 0 Å². The van der Waals surface area contributed by atoms with Crippen LogP contribution in [0.25, 0.3) is 0 Å². The van der Waals surface area contributed by atoms with Crippen molar-refractivity contribution in [1.29, 1.82) is 0 Å². The van der Waals surface area contributed by atoms with Crippen LogP contribution in [0, 0.1) is 0 Å². The van der Waals surface area contributed by atoms with Crippen LogP contribution in [0.5, 0.6) is 0 Å². The number of rotatable bonds is 6. The molecule has 0 aromatic carbocycles. The number of carbonyl (C=O) groups excluding carboxylic acids is 1. The van der Waals surface area contributed by atoms with E-state index in [2.05, 4.69) is 5.32 Å². The van der Waals surface area contributed by atoms with Gasteiger partial charge in [-0.25, -0.2) is 0 Å². The topological polar surface area (TPSA) is 237 Å². The first-order valence-electron chi connectivity index (χ1n) is 11.3. The van der Waals surface area contributed by atoms with Crippen LogP contribution < -0.4 is 5.32 Å². The minimum Gasteiger partial charge on any atom is -0.394 e. The quantitative estimate of drug-likeness (QED) is 0.161. The maximum absolute atomic E-state index is 11.5. The summed E-state index contributed by atoms with van der Waals surface area (Å²) in [6.45, 7) is 3.29. The van der Waals surface area contributed by atoms with Crippen LogP contribution in [-0.2, 0) is 28.5 Å². The van der Waals surface area contributed by atoms with E-state index < -0.39 is 105 Å². The van der Waals surface area contributed by atoms with Crippen molar-refractivity contribution in [2.24, 2.45) is 0 Å². The average Bonchev–Trinajstić information content (AvgIpc) is 2.80. The molecule has 3 aliphatic rings. The number of nitrogens with one attached hydrogen (secondary N) is 1. The van der Waals surface area contributed by atoms with Crippen molar-refractivity contribution < 1.29 is 69.3 Å². The lowest BCUT2D eigenvalue weighted by Crippen LogP contribution is -2.67. The molecule has 3 rings (SSSR count). The van der Waals surface area contributed by atoms with E-state index in [1.54, 1.807) is 0 Å². The highest BCUT2D eigenvalue weighted by atomic mass is 16.8. The first-order chi connectivity index (χ1) is 16.4. The SMILES string of the molecule is CC(=O)N[C@@H]1[C@@H](O)[C@H](O[C@@H]2O[C@H](C)[C@H](O)[C@H](O)[C@H]2O[C@@H]2O[C@@H](C)[C@@H](O)[C@@H](O)[C@@H]2O)[C@@H](CO)O[C@H]1O. The first kappa shape index (κ1) is 28.5. The molecule has 204 valence electrons. The van der Waals surface area contributed by atoms with Gasteiger partial charge in [-0.2, -0.15) is 0 Å². The molecule has 0 saturated carbocycles. The molecule has 3 saturated heterocycles. The zero-order chi connectivity index (χ0) is 26.2. The van der Waals surface area contributed by atoms with Crippen molar-refractivity contribution in [3.05, 3.63) is 0 Å². The third-order valence-corrected chi connectivity index (χ3v) is 6.42. The minimum absolute atomic E-state index is 0.585. The Balaban J connectivity index is 1.83. The molecule has 1 amide bonds. The molecule has 35 heavy (non-hydrogen) atoms. The number of hydrogen-bond donors (Lipinski definition) is 9. The van der Waals surface area contributed by atoms with Gasteiger partial charge in [-0.1, -0.05) is 0 Å². The van der Waals surface area contributed by atoms with Crippen LogP contribution in [0.15, 0.2) is 0 Å². The fourth-order valence-electron chi connectivity index (χ4n) is 4.33. The number of hydrogen-bond acceptors (Lipinski definition) is 14. The minimum atomic E-state index is -1.74. The van der Waals surface area contributed by atoms with Gasteiger partial charge in [0.1, 0.15) is 61.0 Å². The first-order valence-corrected chi connectivity index (χ1v) is 11.3. The number of amides is 1. The van der Waals surface area contributed by atoms with Crippen LogP contribution in [0.1, 0.15) is 20.8 Å². The fraction of sp³-hybridized carbons (Fsp3) is 0.950. The standard InChI is InChI=1S/C20H35NO14/c1-5-10(24)13(27)15(29)19(31-5)35-17-14(28)11(25)6(2)32-20(17)34-16-8(4-22)33-18(30)9(12(16)26)21-7(3)23/h5-6,8-20,22,24-30H,4H2,1-3H3,(H,21,23)/t5-,6+,8+,9+,10+,11-,12+,13+,14-,15-,16+,17+,18+,19-,20-/m0/s1. The second kappa shape index (κ2) is 11.6. The fourth-order valence-corrected chi connectivity index (χ4v) is 4.33. The van der Waals surface area contributed by atoms with Crippen molar-refractivity contribution in [2.75, 3.05) is 6.61 Å². The average molecular weight is 513 g/mol. The number of aliphatic hydroxyl groups excluding tert-OH is 8. The second-order valence-corrected chi connectivity index (χ2v) is 9.04. The van der Waals surface area contributed by atoms with E-state index in [4.69, 9.17) is 23.7 Å². The molecule has 9 N–H and O–H groups in total. The van der Waals surface area contributed by atoms with Gasteiger partial charge in [0.2, 0.25) is 5.91 Å². The summed E-state index contributed by atoms with van der Waals surface area (Å²) in [5.41, 5.74) is 0. The maximum atomic E-state index is 11.5. The summed E-state index contributed by atoms with van der Waals surface area (Å²) in [5.74, 6) is -0.585. The number of ether oxygens (including phenoxy) is 5. The molecule has 0 unspecified atom stereocenters. The second-order valence-electron chi connectivity index (χ2n) is 9.04. The molecule has 3 aliphatic heterocycles. The van der Waals surface area contributed by atoms with Gasteiger partial charge in [-0.3, -0.25) is 4.79 Å². The van der Waals surface area contributed by atoms with Crippen molar-refractivity contribution in [3.8, 4) is 0 Å². The Morgan fingerprint density at radius 1 is 0.743 bits per heavy atom. The van der Waals surface area contributed by atoms with E-state index in [1.165, 1.54) is 13.8 Å². The summed E-state index contributed by atoms with van der Waals surface area (Å²) in [4.78, 5) is 11.5. The van der Waals surface area contributed by atoms with Gasteiger partial charge >= 0.3 is 0 Å². The number of carbonyl (C=O) groups is 1. The Hall–Kier alpha value is -1.05. The Kier molecular flexibility index (Phi) is 9.42. The van der Waals surface area contributed by atoms with Gasteiger partial charge < -0.3 is 69.9 Å². The van der Waals surface area contributed by atoms with Gasteiger partial charge in [0, 0.05) is 6.92 Å². The zero-order valence-corrected chi connectivity index (χ0v) is 19.4. The smallest absolute Gasteiger partial charge is 0.217 e. The van der Waals surface area contributed by atoms with Gasteiger partial charge in [0.25, 0.3) is 0 Å². The highest BCUT2D eigenvalue weighted by molar-refractivity contribution is 5.73. The molecule has 3 heterocycles. The molecule has 0 aromatic rings. The molecule has 3 fully saturated rings. The van der Waals surface area contributed by atoms with Crippen molar-refractivity contribution in [3.63, 3.8) is 0 Å². The van der Waals surface area contributed by atoms with E-state index in [0.717, 1.165) is 6.92 Å². The van der Waals surface area contributed by atoms with Crippen molar-refractivity contribution in [2.45, 2.75) is 113 Å². The molecule has 0 radical (unpaired) electrons. The molecule has 15 atom stereocenters. The third kappa shape index (κ3) is 5.93. The van der Waals surface area contributed by atoms with Crippen LogP contribution >= 0.6 is 0 Å². The van der Waals surface area contributed by atoms with Crippen LogP contribution in [0.2, 0.25) is 0 Å². The summed E-state index contributed by atoms with van der Waals surface area (Å²) >= 11 is 0. The lowest BCUT2D eigenvalue weighted by Gasteiger charge is -2.48. The Labute approximate surface area is 200 Å². The Bertz CT molecular complexity index is 715. The normalized spacial score (nSPS) is 51.1. The summed E-state index contributed by atoms with van der Waals surface area (Å²) in [5, 5.41) is 84.2. The zero-order valence-electron chi connectivity index (χ0n) is 19.4. The summed E-state index contributed by atoms with van der Waals surface area (Å²) in [6.07, 6.45) is -20.6. The molecule has 15 heteroatoms. The van der Waals surface area contributed by atoms with Crippen LogP contribution in [0.4, 0.5) is 0 Å². The van der Waals surface area contributed by atoms with Crippen LogP contribution in [-0.4, -0.2) is 145 Å². The summed E-state index contributed by atoms with van der Waals surface area (Å²) in [6, 6.07) is -1.34. The molecular formula is C20H35NO14. The number of aliphatic hydroxyl groups is 8. The summed E-state index contributed by atoms with van der Waals surface area (Å²) < 4.78 is 27.7. The molecular weight excluding hydrogens is 478 g/mol. The van der Waals surface area contributed by atoms with Gasteiger partial charge in [0.15, 0.2) is 18.9 Å². The van der Waals surface area contributed by atoms with E-state index in [9.17, 15) is 45.6 Å². The van der Waals surface area contributed by atoms with Gasteiger partial charge in [-0.15, -0.1) is 0 Å². The van der Waals surface area contributed by atoms with Gasteiger partial charge in [-0.05, 0) is 13.8 Å². The molecule has 0 spiro atoms. The molecule has 0 aliphatic carbocycles. The monoisotopic (exact) mass is 513 g/mol. The highest BCUT2D eigenvalue weighted by Gasteiger charge is 2.53. The predicted molar refractivity (Wildman–Crippen MR) is 110 cm³/mol. The highest BCUT2D eigenvalue weighted by Crippen LogP contribution is 2.32. The third-order valence-electron chi connectivity index (χ3n) is 6.42.